The van der Waals surface area contributed by atoms with Gasteiger partial charge in [0.05, 0.1) is 0 Å². The number of carbonyl (C=O) groups excluding carboxylic acids is 1. The number of phenolic OH excluding ortho intramolecular Hbond substituents is 1. The Morgan fingerprint density at radius 1 is 1.36 bits per heavy atom. The van der Waals surface area contributed by atoms with E-state index in [1.807, 2.05) is 13.0 Å². The molecule has 1 aromatic heterocycles. The van der Waals surface area contributed by atoms with E-state index in [2.05, 4.69) is 6.58 Å². The predicted octanol–water partition coefficient (Wildman–Crippen LogP) is 3.09. The molecule has 6 heteroatoms. The van der Waals surface area contributed by atoms with Crippen molar-refractivity contribution < 1.29 is 23.8 Å². The van der Waals surface area contributed by atoms with Gasteiger partial charge in [0, 0.05) is 29.9 Å². The summed E-state index contributed by atoms with van der Waals surface area (Å²) in [5.74, 6) is -0.314. The van der Waals surface area contributed by atoms with Crippen molar-refractivity contribution in [1.29, 1.82) is 0 Å². The molecule has 1 atom stereocenters. The quantitative estimate of drug-likeness (QED) is 0.389. The van der Waals surface area contributed by atoms with Crippen molar-refractivity contribution in [3.8, 4) is 11.5 Å². The Balaban J connectivity index is 1.64. The Morgan fingerprint density at radius 3 is 2.84 bits per heavy atom. The van der Waals surface area contributed by atoms with Crippen LogP contribution in [0.2, 0.25) is 0 Å². The molecule has 0 radical (unpaired) electrons. The Labute approximate surface area is 144 Å². The van der Waals surface area contributed by atoms with Crippen LogP contribution in [0.3, 0.4) is 0 Å². The molecule has 130 valence electrons. The molecule has 6 nitrogen and oxygen atoms in total. The normalized spacial score (nSPS) is 17.8. The summed E-state index contributed by atoms with van der Waals surface area (Å²) in [6, 6.07) is 6.18. The zero-order valence-electron chi connectivity index (χ0n) is 13.8. The Kier molecular flexibility index (Phi) is 4.61. The first-order valence-electron chi connectivity index (χ1n) is 7.87. The molecule has 1 aliphatic heterocycles. The highest BCUT2D eigenvalue weighted by Crippen LogP contribution is 2.33. The molecule has 1 aliphatic rings. The van der Waals surface area contributed by atoms with Crippen molar-refractivity contribution in [3.05, 3.63) is 58.5 Å². The van der Waals surface area contributed by atoms with Gasteiger partial charge in [-0.1, -0.05) is 12.2 Å². The third kappa shape index (κ3) is 3.74. The second-order valence-corrected chi connectivity index (χ2v) is 5.99. The van der Waals surface area contributed by atoms with Gasteiger partial charge in [0.2, 0.25) is 5.75 Å². The highest BCUT2D eigenvalue weighted by molar-refractivity contribution is 5.90. The van der Waals surface area contributed by atoms with Crippen LogP contribution in [0.1, 0.15) is 19.8 Å². The lowest BCUT2D eigenvalue weighted by molar-refractivity contribution is -0.138. The van der Waals surface area contributed by atoms with Crippen molar-refractivity contribution in [3.63, 3.8) is 0 Å². The minimum absolute atomic E-state index is 0.0991. The van der Waals surface area contributed by atoms with Gasteiger partial charge in [-0.15, -0.1) is 0 Å². The van der Waals surface area contributed by atoms with Gasteiger partial charge in [0.1, 0.15) is 12.7 Å². The van der Waals surface area contributed by atoms with Gasteiger partial charge in [-0.25, -0.2) is 9.59 Å². The lowest BCUT2D eigenvalue weighted by Crippen LogP contribution is -2.07. The molecular weight excluding hydrogens is 324 g/mol. The van der Waals surface area contributed by atoms with Crippen LogP contribution >= 0.6 is 0 Å². The number of phenols is 1. The molecule has 1 saturated heterocycles. The summed E-state index contributed by atoms with van der Waals surface area (Å²) < 4.78 is 15.7. The molecule has 1 aromatic carbocycles. The number of carbonyl (C=O) groups is 1. The number of ether oxygens (including phenoxy) is 2. The minimum atomic E-state index is -0.539. The summed E-state index contributed by atoms with van der Waals surface area (Å²) in [6.45, 7) is 5.80. The average molecular weight is 342 g/mol. The van der Waals surface area contributed by atoms with E-state index in [-0.39, 0.29) is 35.8 Å². The SMILES string of the molecule is C=C1CC(C/C(C)=C/COc2ccc3ccc(=O)oc3c2O)OC1=O. The van der Waals surface area contributed by atoms with Crippen molar-refractivity contribution in [1.82, 2.24) is 0 Å². The average Bonchev–Trinajstić information content (AvgIpc) is 2.87. The summed E-state index contributed by atoms with van der Waals surface area (Å²) in [6.07, 6.45) is 2.81. The molecule has 25 heavy (non-hydrogen) atoms. The zero-order valence-corrected chi connectivity index (χ0v) is 13.8. The number of fused-ring (bicyclic) bond motifs is 1. The van der Waals surface area contributed by atoms with Crippen LogP contribution in [0.5, 0.6) is 11.5 Å². The van der Waals surface area contributed by atoms with E-state index < -0.39 is 5.63 Å². The highest BCUT2D eigenvalue weighted by Gasteiger charge is 2.27. The minimum Gasteiger partial charge on any atom is -0.502 e. The number of hydrogen-bond donors (Lipinski definition) is 1. The molecule has 0 aliphatic carbocycles. The first-order chi connectivity index (χ1) is 11.9. The number of rotatable bonds is 5. The standard InChI is InChI=1S/C19H18O6/c1-11(9-14-10-12(2)19(22)24-14)7-8-23-15-5-3-13-4-6-16(20)25-18(13)17(15)21/h3-7,14,21H,2,8-10H2,1H3/b11-7+. The van der Waals surface area contributed by atoms with Crippen molar-refractivity contribution in [2.24, 2.45) is 0 Å². The van der Waals surface area contributed by atoms with E-state index in [1.54, 1.807) is 18.2 Å². The number of esters is 1. The fourth-order valence-corrected chi connectivity index (χ4v) is 2.68. The number of benzene rings is 1. The summed E-state index contributed by atoms with van der Waals surface area (Å²) in [5, 5.41) is 10.8. The molecule has 2 heterocycles. The second kappa shape index (κ2) is 6.84. The van der Waals surface area contributed by atoms with Crippen molar-refractivity contribution >= 4 is 16.9 Å². The van der Waals surface area contributed by atoms with E-state index in [0.29, 0.717) is 23.8 Å². The van der Waals surface area contributed by atoms with E-state index in [4.69, 9.17) is 13.9 Å². The Hall–Kier alpha value is -3.02. The maximum atomic E-state index is 11.3. The van der Waals surface area contributed by atoms with Gasteiger partial charge >= 0.3 is 11.6 Å². The third-order valence-electron chi connectivity index (χ3n) is 3.98. The van der Waals surface area contributed by atoms with Gasteiger partial charge in [-0.3, -0.25) is 0 Å². The van der Waals surface area contributed by atoms with Gasteiger partial charge in [0.15, 0.2) is 11.3 Å². The first-order valence-corrected chi connectivity index (χ1v) is 7.87. The van der Waals surface area contributed by atoms with Crippen LogP contribution in [-0.4, -0.2) is 23.8 Å². The topological polar surface area (TPSA) is 86.0 Å². The predicted molar refractivity (Wildman–Crippen MR) is 91.7 cm³/mol. The zero-order chi connectivity index (χ0) is 18.0. The largest absolute Gasteiger partial charge is 0.502 e. The summed E-state index contributed by atoms with van der Waals surface area (Å²) >= 11 is 0. The van der Waals surface area contributed by atoms with Crippen molar-refractivity contribution in [2.75, 3.05) is 6.61 Å². The number of aromatic hydroxyl groups is 1. The van der Waals surface area contributed by atoms with Gasteiger partial charge in [-0.2, -0.15) is 0 Å². The van der Waals surface area contributed by atoms with Crippen LogP contribution in [0.4, 0.5) is 0 Å². The fraction of sp³-hybridized carbons (Fsp3) is 0.263. The molecule has 1 unspecified atom stereocenters. The molecule has 0 amide bonds. The monoisotopic (exact) mass is 342 g/mol. The molecule has 0 saturated carbocycles. The summed E-state index contributed by atoms with van der Waals surface area (Å²) in [5.41, 5.74) is 1.06. The molecule has 3 rings (SSSR count). The molecule has 1 fully saturated rings. The number of hydrogen-bond acceptors (Lipinski definition) is 6. The lowest BCUT2D eigenvalue weighted by atomic mass is 10.1. The van der Waals surface area contributed by atoms with Gasteiger partial charge in [0.25, 0.3) is 0 Å². The Bertz CT molecular complexity index is 905. The van der Waals surface area contributed by atoms with E-state index >= 15 is 0 Å². The van der Waals surface area contributed by atoms with Crippen LogP contribution in [-0.2, 0) is 9.53 Å². The molecular formula is C19H18O6. The number of cyclic esters (lactones) is 1. The second-order valence-electron chi connectivity index (χ2n) is 5.99. The smallest absolute Gasteiger partial charge is 0.336 e. The fourth-order valence-electron chi connectivity index (χ4n) is 2.68. The molecule has 2 aromatic rings. The maximum Gasteiger partial charge on any atom is 0.336 e. The summed E-state index contributed by atoms with van der Waals surface area (Å²) in [4.78, 5) is 22.6. The van der Waals surface area contributed by atoms with Gasteiger partial charge in [-0.05, 0) is 31.2 Å². The van der Waals surface area contributed by atoms with Crippen molar-refractivity contribution in [2.45, 2.75) is 25.9 Å². The van der Waals surface area contributed by atoms with E-state index in [1.165, 1.54) is 6.07 Å². The van der Waals surface area contributed by atoms with Gasteiger partial charge < -0.3 is 19.0 Å². The lowest BCUT2D eigenvalue weighted by Gasteiger charge is -2.10. The highest BCUT2D eigenvalue weighted by atomic mass is 16.5. The van der Waals surface area contributed by atoms with E-state index in [9.17, 15) is 14.7 Å². The van der Waals surface area contributed by atoms with Crippen LogP contribution < -0.4 is 10.4 Å². The summed E-state index contributed by atoms with van der Waals surface area (Å²) in [7, 11) is 0. The van der Waals surface area contributed by atoms with E-state index in [0.717, 1.165) is 5.57 Å². The molecule has 1 N–H and O–H groups in total. The van der Waals surface area contributed by atoms with Crippen LogP contribution in [0.15, 0.2) is 57.3 Å². The Morgan fingerprint density at radius 2 is 2.12 bits per heavy atom. The first kappa shape index (κ1) is 16.8. The molecule has 0 bridgehead atoms. The van der Waals surface area contributed by atoms with Crippen LogP contribution in [0.25, 0.3) is 11.0 Å². The van der Waals surface area contributed by atoms with Crippen LogP contribution in [0, 0.1) is 0 Å². The third-order valence-corrected chi connectivity index (χ3v) is 3.98. The molecule has 0 spiro atoms. The maximum absolute atomic E-state index is 11.3.